The Hall–Kier alpha value is -2.02. The molecule has 0 aromatic rings. The van der Waals surface area contributed by atoms with Gasteiger partial charge in [0.25, 0.3) is 0 Å². The van der Waals surface area contributed by atoms with Crippen molar-refractivity contribution < 1.29 is 19.1 Å². The van der Waals surface area contributed by atoms with Crippen molar-refractivity contribution in [1.29, 1.82) is 0 Å². The maximum atomic E-state index is 11.8. The number of terminal acetylenes is 1. The number of hydrogen-bond donors (Lipinski definition) is 0. The second kappa shape index (κ2) is 8.13. The minimum Gasteiger partial charge on any atom is -0.468 e. The summed E-state index contributed by atoms with van der Waals surface area (Å²) in [4.78, 5) is 23.6. The van der Waals surface area contributed by atoms with E-state index in [1.165, 1.54) is 14.2 Å². The predicted molar refractivity (Wildman–Crippen MR) is 68.5 cm³/mol. The zero-order valence-electron chi connectivity index (χ0n) is 10.9. The SMILES string of the molecule is C#CCC(C/C=C/C=C/C)(C(=O)OC)C(=O)OC. The fourth-order valence-corrected chi connectivity index (χ4v) is 1.49. The molecule has 98 valence electrons. The summed E-state index contributed by atoms with van der Waals surface area (Å²) in [6.07, 6.45) is 12.3. The first kappa shape index (κ1) is 16.0. The fraction of sp³-hybridized carbons (Fsp3) is 0.429. The molecule has 18 heavy (non-hydrogen) atoms. The van der Waals surface area contributed by atoms with Crippen molar-refractivity contribution in [3.8, 4) is 12.3 Å². The van der Waals surface area contributed by atoms with Crippen molar-refractivity contribution in [3.63, 3.8) is 0 Å². The van der Waals surface area contributed by atoms with Crippen molar-refractivity contribution in [2.75, 3.05) is 14.2 Å². The lowest BCUT2D eigenvalue weighted by atomic mass is 9.81. The first-order valence-electron chi connectivity index (χ1n) is 5.47. The van der Waals surface area contributed by atoms with Crippen LogP contribution >= 0.6 is 0 Å². The molecule has 0 aliphatic heterocycles. The Balaban J connectivity index is 5.27. The van der Waals surface area contributed by atoms with Gasteiger partial charge in [-0.2, -0.15) is 0 Å². The Morgan fingerprint density at radius 1 is 1.22 bits per heavy atom. The molecule has 0 saturated heterocycles. The third-order valence-electron chi connectivity index (χ3n) is 2.46. The molecule has 0 fully saturated rings. The molecule has 0 aromatic carbocycles. The molecule has 0 atom stereocenters. The molecule has 0 aromatic heterocycles. The average molecular weight is 250 g/mol. The maximum absolute atomic E-state index is 11.8. The Labute approximate surface area is 108 Å². The third-order valence-corrected chi connectivity index (χ3v) is 2.46. The van der Waals surface area contributed by atoms with Gasteiger partial charge in [-0.05, 0) is 13.3 Å². The second-order valence-electron chi connectivity index (χ2n) is 3.60. The van der Waals surface area contributed by atoms with E-state index in [0.717, 1.165) is 0 Å². The molecular weight excluding hydrogens is 232 g/mol. The summed E-state index contributed by atoms with van der Waals surface area (Å²) in [5.74, 6) is 0.961. The van der Waals surface area contributed by atoms with Crippen LogP contribution in [-0.2, 0) is 19.1 Å². The molecule has 0 radical (unpaired) electrons. The Bertz CT molecular complexity index is 369. The number of rotatable bonds is 6. The monoisotopic (exact) mass is 250 g/mol. The molecule has 0 heterocycles. The van der Waals surface area contributed by atoms with Gasteiger partial charge in [-0.3, -0.25) is 9.59 Å². The lowest BCUT2D eigenvalue weighted by Gasteiger charge is -2.24. The van der Waals surface area contributed by atoms with Gasteiger partial charge in [0.05, 0.1) is 14.2 Å². The van der Waals surface area contributed by atoms with E-state index < -0.39 is 17.4 Å². The fourth-order valence-electron chi connectivity index (χ4n) is 1.49. The highest BCUT2D eigenvalue weighted by Gasteiger charge is 2.46. The minimum absolute atomic E-state index is 0.0630. The van der Waals surface area contributed by atoms with Crippen LogP contribution in [0, 0.1) is 17.8 Å². The van der Waals surface area contributed by atoms with E-state index in [0.29, 0.717) is 0 Å². The Morgan fingerprint density at radius 2 is 1.78 bits per heavy atom. The topological polar surface area (TPSA) is 52.6 Å². The number of carbonyl (C=O) groups excluding carboxylic acids is 2. The van der Waals surface area contributed by atoms with Crippen LogP contribution in [0.15, 0.2) is 24.3 Å². The van der Waals surface area contributed by atoms with Gasteiger partial charge < -0.3 is 9.47 Å². The van der Waals surface area contributed by atoms with Gasteiger partial charge in [-0.25, -0.2) is 0 Å². The number of hydrogen-bond acceptors (Lipinski definition) is 4. The molecule has 0 amide bonds. The first-order valence-corrected chi connectivity index (χ1v) is 5.47. The minimum atomic E-state index is -1.46. The summed E-state index contributed by atoms with van der Waals surface area (Å²) >= 11 is 0. The lowest BCUT2D eigenvalue weighted by Crippen LogP contribution is -2.40. The lowest BCUT2D eigenvalue weighted by molar-refractivity contribution is -0.168. The number of allylic oxidation sites excluding steroid dienone is 4. The average Bonchev–Trinajstić information content (AvgIpc) is 2.40. The Kier molecular flexibility index (Phi) is 7.22. The molecule has 0 spiro atoms. The summed E-state index contributed by atoms with van der Waals surface area (Å²) < 4.78 is 9.32. The molecule has 4 heteroatoms. The molecule has 0 bridgehead atoms. The van der Waals surface area contributed by atoms with Crippen LogP contribution in [-0.4, -0.2) is 26.2 Å². The van der Waals surface area contributed by atoms with E-state index in [-0.39, 0.29) is 12.8 Å². The smallest absolute Gasteiger partial charge is 0.324 e. The number of carbonyl (C=O) groups is 2. The van der Waals surface area contributed by atoms with Crippen LogP contribution in [0.5, 0.6) is 0 Å². The van der Waals surface area contributed by atoms with E-state index in [9.17, 15) is 9.59 Å². The number of esters is 2. The predicted octanol–water partition coefficient (Wildman–Crippen LogP) is 1.86. The highest BCUT2D eigenvalue weighted by Crippen LogP contribution is 2.30. The standard InChI is InChI=1S/C14H18O4/c1-5-7-8-9-11-14(10-6-2,12(15)17-3)13(16)18-4/h2,5,7-9H,10-11H2,1,3-4H3/b7-5+,9-8+. The summed E-state index contributed by atoms with van der Waals surface area (Å²) in [6.45, 7) is 1.86. The van der Waals surface area contributed by atoms with Crippen molar-refractivity contribution in [3.05, 3.63) is 24.3 Å². The summed E-state index contributed by atoms with van der Waals surface area (Å²) in [5, 5.41) is 0. The third kappa shape index (κ3) is 3.77. The van der Waals surface area contributed by atoms with Gasteiger partial charge in [0, 0.05) is 6.42 Å². The zero-order chi connectivity index (χ0) is 14.0. The molecule has 4 nitrogen and oxygen atoms in total. The van der Waals surface area contributed by atoms with E-state index in [2.05, 4.69) is 15.4 Å². The second-order valence-corrected chi connectivity index (χ2v) is 3.60. The van der Waals surface area contributed by atoms with Gasteiger partial charge >= 0.3 is 11.9 Å². The van der Waals surface area contributed by atoms with Crippen LogP contribution in [0.2, 0.25) is 0 Å². The van der Waals surface area contributed by atoms with Gasteiger partial charge in [0.15, 0.2) is 5.41 Å². The summed E-state index contributed by atoms with van der Waals surface area (Å²) in [7, 11) is 2.43. The first-order chi connectivity index (χ1) is 8.58. The molecule has 0 aliphatic rings. The van der Waals surface area contributed by atoms with E-state index >= 15 is 0 Å². The summed E-state index contributed by atoms with van der Waals surface area (Å²) in [6, 6.07) is 0. The normalized spacial score (nSPS) is 11.4. The van der Waals surface area contributed by atoms with Crippen molar-refractivity contribution >= 4 is 11.9 Å². The van der Waals surface area contributed by atoms with Crippen molar-refractivity contribution in [2.45, 2.75) is 19.8 Å². The van der Waals surface area contributed by atoms with Crippen LogP contribution in [0.4, 0.5) is 0 Å². The molecule has 0 N–H and O–H groups in total. The van der Waals surface area contributed by atoms with Gasteiger partial charge in [0.2, 0.25) is 0 Å². The summed E-state index contributed by atoms with van der Waals surface area (Å²) in [5.41, 5.74) is -1.46. The molecular formula is C14H18O4. The van der Waals surface area contributed by atoms with Crippen molar-refractivity contribution in [2.24, 2.45) is 5.41 Å². The number of ether oxygens (including phenoxy) is 2. The number of methoxy groups -OCH3 is 2. The zero-order valence-corrected chi connectivity index (χ0v) is 10.9. The molecule has 0 aliphatic carbocycles. The van der Waals surface area contributed by atoms with E-state index in [4.69, 9.17) is 6.42 Å². The molecule has 0 rings (SSSR count). The highest BCUT2D eigenvalue weighted by molar-refractivity contribution is 6.00. The Morgan fingerprint density at radius 3 is 2.17 bits per heavy atom. The van der Waals surface area contributed by atoms with Crippen LogP contribution in [0.25, 0.3) is 0 Å². The quantitative estimate of drug-likeness (QED) is 0.312. The van der Waals surface area contributed by atoms with Crippen LogP contribution in [0.1, 0.15) is 19.8 Å². The largest absolute Gasteiger partial charge is 0.468 e. The van der Waals surface area contributed by atoms with E-state index in [1.807, 2.05) is 13.0 Å². The van der Waals surface area contributed by atoms with E-state index in [1.54, 1.807) is 18.2 Å². The van der Waals surface area contributed by atoms with Crippen LogP contribution < -0.4 is 0 Å². The van der Waals surface area contributed by atoms with Gasteiger partial charge in [-0.15, -0.1) is 12.3 Å². The highest BCUT2D eigenvalue weighted by atomic mass is 16.5. The van der Waals surface area contributed by atoms with Gasteiger partial charge in [0.1, 0.15) is 0 Å². The van der Waals surface area contributed by atoms with Gasteiger partial charge in [-0.1, -0.05) is 24.3 Å². The van der Waals surface area contributed by atoms with Crippen molar-refractivity contribution in [1.82, 2.24) is 0 Å². The van der Waals surface area contributed by atoms with Crippen LogP contribution in [0.3, 0.4) is 0 Å². The maximum Gasteiger partial charge on any atom is 0.324 e. The molecule has 0 unspecified atom stereocenters. The molecule has 0 saturated carbocycles.